The van der Waals surface area contributed by atoms with E-state index in [1.165, 1.54) is 36.3 Å². The van der Waals surface area contributed by atoms with E-state index >= 15 is 0 Å². The number of hydrogen-bond donors (Lipinski definition) is 1. The van der Waals surface area contributed by atoms with Gasteiger partial charge in [0.25, 0.3) is 5.91 Å². The number of carbonyl (C=O) groups excluding carboxylic acids is 1. The first-order chi connectivity index (χ1) is 15.7. The smallest absolute Gasteiger partial charge is 0.258 e. The minimum atomic E-state index is -0.478. The second-order valence-corrected chi connectivity index (χ2v) is 8.42. The lowest BCUT2D eigenvalue weighted by molar-refractivity contribution is -0.0285. The highest BCUT2D eigenvalue weighted by atomic mass is 32.2. The van der Waals surface area contributed by atoms with Crippen LogP contribution in [0.2, 0.25) is 0 Å². The SMILES string of the molecule is O=C(Nc1nc2c(Sc3ccccc3)ncnc2n1C1CCCCO1)c1cccc(F)c1. The number of ether oxygens (including phenoxy) is 1. The predicted octanol–water partition coefficient (Wildman–Crippen LogP) is 5.07. The first-order valence-electron chi connectivity index (χ1n) is 10.3. The van der Waals surface area contributed by atoms with Gasteiger partial charge in [-0.2, -0.15) is 0 Å². The van der Waals surface area contributed by atoms with E-state index in [0.29, 0.717) is 28.7 Å². The maximum atomic E-state index is 13.6. The fraction of sp³-hybridized carbons (Fsp3) is 0.217. The van der Waals surface area contributed by atoms with Crippen LogP contribution in [0.3, 0.4) is 0 Å². The molecule has 2 aromatic heterocycles. The number of rotatable bonds is 5. The van der Waals surface area contributed by atoms with Gasteiger partial charge in [-0.1, -0.05) is 36.0 Å². The molecule has 1 saturated heterocycles. The van der Waals surface area contributed by atoms with Gasteiger partial charge < -0.3 is 4.74 Å². The van der Waals surface area contributed by atoms with E-state index in [2.05, 4.69) is 20.3 Å². The summed E-state index contributed by atoms with van der Waals surface area (Å²) in [5.41, 5.74) is 1.36. The highest BCUT2D eigenvalue weighted by molar-refractivity contribution is 7.99. The van der Waals surface area contributed by atoms with Crippen LogP contribution in [-0.2, 0) is 4.74 Å². The third kappa shape index (κ3) is 4.21. The number of imidazole rings is 1. The zero-order valence-electron chi connectivity index (χ0n) is 17.1. The lowest BCUT2D eigenvalue weighted by Crippen LogP contribution is -2.22. The number of anilines is 1. The standard InChI is InChI=1S/C23H20FN5O2S/c24-16-8-6-7-15(13-16)21(30)28-23-27-19-20(29(23)18-11-4-5-12-31-18)25-14-26-22(19)32-17-9-2-1-3-10-17/h1-3,6-10,13-14,18H,4-5,11-12H2,(H,27,28,30). The Morgan fingerprint density at radius 3 is 2.78 bits per heavy atom. The monoisotopic (exact) mass is 449 g/mol. The number of fused-ring (bicyclic) bond motifs is 1. The first-order valence-corrected chi connectivity index (χ1v) is 11.1. The Balaban J connectivity index is 1.57. The van der Waals surface area contributed by atoms with Gasteiger partial charge in [0.1, 0.15) is 28.9 Å². The van der Waals surface area contributed by atoms with Gasteiger partial charge in [0.15, 0.2) is 5.65 Å². The molecule has 162 valence electrons. The van der Waals surface area contributed by atoms with Crippen LogP contribution < -0.4 is 5.32 Å². The molecule has 0 bridgehead atoms. The molecule has 1 aliphatic heterocycles. The minimum Gasteiger partial charge on any atom is -0.358 e. The van der Waals surface area contributed by atoms with Crippen molar-refractivity contribution in [2.45, 2.75) is 35.4 Å². The van der Waals surface area contributed by atoms with E-state index < -0.39 is 11.7 Å². The summed E-state index contributed by atoms with van der Waals surface area (Å²) in [7, 11) is 0. The van der Waals surface area contributed by atoms with Crippen LogP contribution in [0.25, 0.3) is 11.2 Å². The molecule has 9 heteroatoms. The molecule has 4 aromatic rings. The van der Waals surface area contributed by atoms with E-state index in [1.54, 1.807) is 6.07 Å². The van der Waals surface area contributed by atoms with Crippen molar-refractivity contribution in [3.8, 4) is 0 Å². The summed E-state index contributed by atoms with van der Waals surface area (Å²) >= 11 is 1.47. The highest BCUT2D eigenvalue weighted by Gasteiger charge is 2.26. The molecule has 1 aliphatic rings. The molecule has 2 aromatic carbocycles. The summed E-state index contributed by atoms with van der Waals surface area (Å²) < 4.78 is 21.4. The van der Waals surface area contributed by atoms with Gasteiger partial charge in [-0.25, -0.2) is 19.3 Å². The Labute approximate surface area is 188 Å². The van der Waals surface area contributed by atoms with E-state index in [1.807, 2.05) is 34.9 Å². The topological polar surface area (TPSA) is 81.9 Å². The summed E-state index contributed by atoms with van der Waals surface area (Å²) in [4.78, 5) is 27.4. The molecule has 1 atom stereocenters. The molecule has 1 amide bonds. The van der Waals surface area contributed by atoms with E-state index in [-0.39, 0.29) is 11.8 Å². The van der Waals surface area contributed by atoms with Crippen LogP contribution in [0.5, 0.6) is 0 Å². The number of amides is 1. The molecule has 1 fully saturated rings. The lowest BCUT2D eigenvalue weighted by atomic mass is 10.2. The predicted molar refractivity (Wildman–Crippen MR) is 119 cm³/mol. The average Bonchev–Trinajstić information content (AvgIpc) is 3.19. The van der Waals surface area contributed by atoms with Crippen molar-refractivity contribution < 1.29 is 13.9 Å². The third-order valence-corrected chi connectivity index (χ3v) is 6.16. The molecule has 1 unspecified atom stereocenters. The molecular weight excluding hydrogens is 429 g/mol. The molecule has 0 radical (unpaired) electrons. The number of nitrogens with zero attached hydrogens (tertiary/aromatic N) is 4. The molecule has 0 spiro atoms. The second-order valence-electron chi connectivity index (χ2n) is 7.36. The van der Waals surface area contributed by atoms with Gasteiger partial charge in [-0.3, -0.25) is 14.7 Å². The highest BCUT2D eigenvalue weighted by Crippen LogP contribution is 2.35. The van der Waals surface area contributed by atoms with Crippen molar-refractivity contribution in [2.24, 2.45) is 0 Å². The Hall–Kier alpha value is -3.30. The molecule has 5 rings (SSSR count). The maximum absolute atomic E-state index is 13.6. The van der Waals surface area contributed by atoms with Gasteiger partial charge in [0.05, 0.1) is 0 Å². The maximum Gasteiger partial charge on any atom is 0.258 e. The van der Waals surface area contributed by atoms with Gasteiger partial charge in [-0.15, -0.1) is 0 Å². The molecule has 1 N–H and O–H groups in total. The van der Waals surface area contributed by atoms with Crippen molar-refractivity contribution in [1.82, 2.24) is 19.5 Å². The van der Waals surface area contributed by atoms with Gasteiger partial charge in [-0.05, 0) is 49.6 Å². The average molecular weight is 450 g/mol. The fourth-order valence-electron chi connectivity index (χ4n) is 3.65. The van der Waals surface area contributed by atoms with Gasteiger partial charge in [0, 0.05) is 17.1 Å². The third-order valence-electron chi connectivity index (χ3n) is 5.16. The van der Waals surface area contributed by atoms with E-state index in [0.717, 1.165) is 24.2 Å². The zero-order chi connectivity index (χ0) is 21.9. The summed E-state index contributed by atoms with van der Waals surface area (Å²) in [5, 5.41) is 3.50. The quantitative estimate of drug-likeness (QED) is 0.429. The second kappa shape index (κ2) is 9.05. The summed E-state index contributed by atoms with van der Waals surface area (Å²) in [5.74, 6) is -0.632. The summed E-state index contributed by atoms with van der Waals surface area (Å²) in [6, 6.07) is 15.4. The van der Waals surface area contributed by atoms with E-state index in [9.17, 15) is 9.18 Å². The fourth-order valence-corrected chi connectivity index (χ4v) is 4.50. The van der Waals surface area contributed by atoms with Crippen molar-refractivity contribution >= 4 is 34.8 Å². The van der Waals surface area contributed by atoms with Gasteiger partial charge in [0.2, 0.25) is 5.95 Å². The number of benzene rings is 2. The molecular formula is C23H20FN5O2S. The number of aromatic nitrogens is 4. The normalized spacial score (nSPS) is 16.2. The molecule has 3 heterocycles. The van der Waals surface area contributed by atoms with Crippen molar-refractivity contribution in [3.63, 3.8) is 0 Å². The van der Waals surface area contributed by atoms with Crippen LogP contribution in [0.1, 0.15) is 35.8 Å². The Morgan fingerprint density at radius 1 is 1.12 bits per heavy atom. The molecule has 7 nitrogen and oxygen atoms in total. The minimum absolute atomic E-state index is 0.207. The van der Waals surface area contributed by atoms with Crippen LogP contribution in [-0.4, -0.2) is 32.0 Å². The van der Waals surface area contributed by atoms with E-state index in [4.69, 9.17) is 4.74 Å². The number of nitrogens with one attached hydrogen (secondary N) is 1. The molecule has 0 aliphatic carbocycles. The number of carbonyl (C=O) groups is 1. The number of hydrogen-bond acceptors (Lipinski definition) is 6. The van der Waals surface area contributed by atoms with Gasteiger partial charge >= 0.3 is 0 Å². The van der Waals surface area contributed by atoms with Crippen LogP contribution in [0, 0.1) is 5.82 Å². The Kier molecular flexibility index (Phi) is 5.83. The first kappa shape index (κ1) is 20.6. The summed E-state index contributed by atoms with van der Waals surface area (Å²) in [6.45, 7) is 0.623. The Bertz CT molecular complexity index is 1260. The van der Waals surface area contributed by atoms with Crippen LogP contribution in [0.15, 0.2) is 70.8 Å². The molecule has 32 heavy (non-hydrogen) atoms. The summed E-state index contributed by atoms with van der Waals surface area (Å²) in [6.07, 6.45) is 3.95. The van der Waals surface area contributed by atoms with Crippen LogP contribution in [0.4, 0.5) is 10.3 Å². The zero-order valence-corrected chi connectivity index (χ0v) is 17.9. The lowest BCUT2D eigenvalue weighted by Gasteiger charge is -2.25. The molecule has 0 saturated carbocycles. The van der Waals surface area contributed by atoms with Crippen molar-refractivity contribution in [2.75, 3.05) is 11.9 Å². The van der Waals surface area contributed by atoms with Crippen LogP contribution >= 0.6 is 11.8 Å². The largest absolute Gasteiger partial charge is 0.358 e. The number of halogens is 1. The Morgan fingerprint density at radius 2 is 2.00 bits per heavy atom. The van der Waals surface area contributed by atoms with Crippen molar-refractivity contribution in [3.05, 3.63) is 72.3 Å². The van der Waals surface area contributed by atoms with Crippen molar-refractivity contribution in [1.29, 1.82) is 0 Å².